The fourth-order valence-corrected chi connectivity index (χ4v) is 3.87. The topological polar surface area (TPSA) is 88.7 Å². The summed E-state index contributed by atoms with van der Waals surface area (Å²) in [6.07, 6.45) is 0.610. The SMILES string of the molecule is CCn1c(CCNC(=O)c2ccccc2SCc2cc(C)no2)n[nH]c1=S. The van der Waals surface area contributed by atoms with Gasteiger partial charge < -0.3 is 14.4 Å². The summed E-state index contributed by atoms with van der Waals surface area (Å²) in [4.78, 5) is 13.5. The van der Waals surface area contributed by atoms with Gasteiger partial charge in [-0.05, 0) is 38.2 Å². The Morgan fingerprint density at radius 3 is 2.96 bits per heavy atom. The summed E-state index contributed by atoms with van der Waals surface area (Å²) >= 11 is 6.73. The molecule has 142 valence electrons. The van der Waals surface area contributed by atoms with Crippen LogP contribution in [-0.4, -0.2) is 32.4 Å². The minimum absolute atomic E-state index is 0.107. The first kappa shape index (κ1) is 19.4. The summed E-state index contributed by atoms with van der Waals surface area (Å²) in [5.41, 5.74) is 1.50. The molecule has 0 aliphatic rings. The number of aryl methyl sites for hydroxylation is 1. The molecule has 2 N–H and O–H groups in total. The molecule has 0 atom stereocenters. The monoisotopic (exact) mass is 403 g/mol. The van der Waals surface area contributed by atoms with E-state index in [-0.39, 0.29) is 5.91 Å². The highest BCUT2D eigenvalue weighted by molar-refractivity contribution is 7.98. The number of thioether (sulfide) groups is 1. The molecule has 0 saturated carbocycles. The van der Waals surface area contributed by atoms with E-state index in [2.05, 4.69) is 20.7 Å². The molecule has 7 nitrogen and oxygen atoms in total. The van der Waals surface area contributed by atoms with Crippen LogP contribution in [0.4, 0.5) is 0 Å². The van der Waals surface area contributed by atoms with Gasteiger partial charge in [-0.3, -0.25) is 9.89 Å². The second-order valence-electron chi connectivity index (χ2n) is 5.91. The van der Waals surface area contributed by atoms with E-state index in [0.29, 0.717) is 29.1 Å². The highest BCUT2D eigenvalue weighted by Gasteiger charge is 2.13. The molecule has 2 heterocycles. The van der Waals surface area contributed by atoms with E-state index in [1.165, 1.54) is 0 Å². The Hall–Kier alpha value is -2.39. The Morgan fingerprint density at radius 1 is 1.41 bits per heavy atom. The lowest BCUT2D eigenvalue weighted by atomic mass is 10.2. The van der Waals surface area contributed by atoms with Crippen LogP contribution < -0.4 is 5.32 Å². The zero-order chi connectivity index (χ0) is 19.2. The number of nitrogens with one attached hydrogen (secondary N) is 2. The van der Waals surface area contributed by atoms with Crippen LogP contribution in [0.1, 0.15) is 34.6 Å². The molecule has 0 spiro atoms. The van der Waals surface area contributed by atoms with Crippen molar-refractivity contribution in [1.82, 2.24) is 25.2 Å². The number of nitrogens with zero attached hydrogens (tertiary/aromatic N) is 3. The fraction of sp³-hybridized carbons (Fsp3) is 0.333. The van der Waals surface area contributed by atoms with Crippen LogP contribution in [0.3, 0.4) is 0 Å². The third kappa shape index (κ3) is 4.86. The smallest absolute Gasteiger partial charge is 0.252 e. The molecule has 3 rings (SSSR count). The highest BCUT2D eigenvalue weighted by atomic mass is 32.2. The molecule has 1 aromatic carbocycles. The normalized spacial score (nSPS) is 10.9. The third-order valence-corrected chi connectivity index (χ3v) is 5.37. The van der Waals surface area contributed by atoms with Crippen LogP contribution in [-0.2, 0) is 18.7 Å². The number of hydrogen-bond donors (Lipinski definition) is 2. The van der Waals surface area contributed by atoms with Crippen molar-refractivity contribution in [2.75, 3.05) is 6.54 Å². The first-order valence-electron chi connectivity index (χ1n) is 8.64. The lowest BCUT2D eigenvalue weighted by Gasteiger charge is -2.09. The molecule has 0 fully saturated rings. The number of carbonyl (C=O) groups is 1. The first-order valence-corrected chi connectivity index (χ1v) is 10.0. The van der Waals surface area contributed by atoms with Crippen LogP contribution in [0.2, 0.25) is 0 Å². The van der Waals surface area contributed by atoms with Crippen LogP contribution in [0.25, 0.3) is 0 Å². The zero-order valence-electron chi connectivity index (χ0n) is 15.2. The lowest BCUT2D eigenvalue weighted by molar-refractivity contribution is 0.0951. The minimum Gasteiger partial charge on any atom is -0.360 e. The van der Waals surface area contributed by atoms with Gasteiger partial charge in [0, 0.05) is 30.5 Å². The Kier molecular flexibility index (Phi) is 6.46. The van der Waals surface area contributed by atoms with E-state index in [9.17, 15) is 4.79 Å². The summed E-state index contributed by atoms with van der Waals surface area (Å²) < 4.78 is 7.75. The molecular weight excluding hydrogens is 382 g/mol. The van der Waals surface area contributed by atoms with E-state index in [1.807, 2.05) is 48.7 Å². The molecular formula is C18H21N5O2S2. The Morgan fingerprint density at radius 2 is 2.22 bits per heavy atom. The Balaban J connectivity index is 1.60. The van der Waals surface area contributed by atoms with Gasteiger partial charge in [-0.25, -0.2) is 0 Å². The number of benzene rings is 1. The van der Waals surface area contributed by atoms with Gasteiger partial charge in [-0.2, -0.15) is 5.10 Å². The molecule has 0 aliphatic carbocycles. The van der Waals surface area contributed by atoms with Gasteiger partial charge in [0.2, 0.25) is 0 Å². The second kappa shape index (κ2) is 9.01. The van der Waals surface area contributed by atoms with Gasteiger partial charge in [-0.15, -0.1) is 11.8 Å². The summed E-state index contributed by atoms with van der Waals surface area (Å²) in [5, 5.41) is 13.8. The van der Waals surface area contributed by atoms with E-state index >= 15 is 0 Å². The van der Waals surface area contributed by atoms with E-state index in [0.717, 1.165) is 28.7 Å². The largest absolute Gasteiger partial charge is 0.360 e. The maximum Gasteiger partial charge on any atom is 0.252 e. The summed E-state index contributed by atoms with van der Waals surface area (Å²) in [7, 11) is 0. The van der Waals surface area contributed by atoms with Crippen LogP contribution in [0.5, 0.6) is 0 Å². The molecule has 0 unspecified atom stereocenters. The molecule has 0 radical (unpaired) electrons. The minimum atomic E-state index is -0.107. The van der Waals surface area contributed by atoms with Gasteiger partial charge in [-0.1, -0.05) is 17.3 Å². The van der Waals surface area contributed by atoms with E-state index in [4.69, 9.17) is 16.7 Å². The highest BCUT2D eigenvalue weighted by Crippen LogP contribution is 2.26. The van der Waals surface area contributed by atoms with Gasteiger partial charge in [0.1, 0.15) is 11.6 Å². The predicted molar refractivity (Wildman–Crippen MR) is 106 cm³/mol. The number of aromatic amines is 1. The predicted octanol–water partition coefficient (Wildman–Crippen LogP) is 3.52. The quantitative estimate of drug-likeness (QED) is 0.442. The molecule has 27 heavy (non-hydrogen) atoms. The first-order chi connectivity index (χ1) is 13.1. The number of carbonyl (C=O) groups excluding carboxylic acids is 1. The number of amides is 1. The molecule has 0 saturated heterocycles. The average Bonchev–Trinajstić information content (AvgIpc) is 3.25. The average molecular weight is 404 g/mol. The zero-order valence-corrected chi connectivity index (χ0v) is 16.8. The van der Waals surface area contributed by atoms with Gasteiger partial charge in [0.25, 0.3) is 5.91 Å². The Bertz CT molecular complexity index is 976. The molecule has 3 aromatic rings. The van der Waals surface area contributed by atoms with Crippen molar-refractivity contribution in [2.45, 2.75) is 37.5 Å². The second-order valence-corrected chi connectivity index (χ2v) is 7.32. The van der Waals surface area contributed by atoms with Crippen LogP contribution >= 0.6 is 24.0 Å². The lowest BCUT2D eigenvalue weighted by Crippen LogP contribution is -2.27. The van der Waals surface area contributed by atoms with Crippen molar-refractivity contribution >= 4 is 29.9 Å². The number of H-pyrrole nitrogens is 1. The number of rotatable bonds is 8. The van der Waals surface area contributed by atoms with Crippen molar-refractivity contribution in [3.8, 4) is 0 Å². The van der Waals surface area contributed by atoms with E-state index < -0.39 is 0 Å². The van der Waals surface area contributed by atoms with Crippen molar-refractivity contribution in [3.63, 3.8) is 0 Å². The maximum atomic E-state index is 12.6. The number of hydrogen-bond acceptors (Lipinski definition) is 6. The van der Waals surface area contributed by atoms with E-state index in [1.54, 1.807) is 11.8 Å². The fourth-order valence-electron chi connectivity index (χ4n) is 2.66. The van der Waals surface area contributed by atoms with Crippen molar-refractivity contribution in [2.24, 2.45) is 0 Å². The van der Waals surface area contributed by atoms with Crippen molar-refractivity contribution in [3.05, 3.63) is 57.9 Å². The van der Waals surface area contributed by atoms with Gasteiger partial charge in [0.05, 0.1) is 17.0 Å². The summed E-state index contributed by atoms with van der Waals surface area (Å²) in [6, 6.07) is 9.44. The van der Waals surface area contributed by atoms with Gasteiger partial charge in [0.15, 0.2) is 4.77 Å². The maximum absolute atomic E-state index is 12.6. The summed E-state index contributed by atoms with van der Waals surface area (Å²) in [6.45, 7) is 5.13. The van der Waals surface area contributed by atoms with Gasteiger partial charge >= 0.3 is 0 Å². The molecule has 9 heteroatoms. The standard InChI is InChI=1S/C18H21N5O2S2/c1-3-23-16(20-21-18(23)26)8-9-19-17(24)14-6-4-5-7-15(14)27-11-13-10-12(2)22-25-13/h4-7,10H,3,8-9,11H2,1-2H3,(H,19,24)(H,21,26). The molecule has 1 amide bonds. The number of aromatic nitrogens is 4. The molecule has 0 aliphatic heterocycles. The third-order valence-electron chi connectivity index (χ3n) is 3.97. The molecule has 2 aromatic heterocycles. The van der Waals surface area contributed by atoms with Crippen molar-refractivity contribution < 1.29 is 9.32 Å². The molecule has 0 bridgehead atoms. The summed E-state index contributed by atoms with van der Waals surface area (Å²) in [5.74, 6) is 2.14. The Labute approximate surface area is 166 Å². The van der Waals surface area contributed by atoms with Crippen LogP contribution in [0, 0.1) is 11.7 Å². The van der Waals surface area contributed by atoms with Crippen molar-refractivity contribution in [1.29, 1.82) is 0 Å². The van der Waals surface area contributed by atoms with Crippen LogP contribution in [0.15, 0.2) is 39.8 Å².